The number of carbonyl (C=O) groups is 1. The predicted octanol–water partition coefficient (Wildman–Crippen LogP) is 2.85. The molecule has 0 saturated carbocycles. The minimum absolute atomic E-state index is 0.0144. The van der Waals surface area contributed by atoms with Crippen molar-refractivity contribution in [3.05, 3.63) is 53.3 Å². The SMILES string of the molecule is CC[C@]12C=CCN3C[C@@H](OC)[C@]4(C(=C(C(=O)OC)C1)Nc1ccccc14)[C@@H]32. The van der Waals surface area contributed by atoms with E-state index in [0.29, 0.717) is 6.42 Å². The van der Waals surface area contributed by atoms with E-state index in [2.05, 4.69) is 47.5 Å². The summed E-state index contributed by atoms with van der Waals surface area (Å²) in [7, 11) is 3.27. The quantitative estimate of drug-likeness (QED) is 0.659. The Morgan fingerprint density at radius 2 is 2.15 bits per heavy atom. The number of benzene rings is 1. The van der Waals surface area contributed by atoms with E-state index in [9.17, 15) is 4.79 Å². The van der Waals surface area contributed by atoms with Crippen LogP contribution in [0.25, 0.3) is 0 Å². The zero-order valence-corrected chi connectivity index (χ0v) is 16.1. The van der Waals surface area contributed by atoms with Crippen molar-refractivity contribution in [3.63, 3.8) is 0 Å². The van der Waals surface area contributed by atoms with Gasteiger partial charge in [0.1, 0.15) is 0 Å². The van der Waals surface area contributed by atoms with Crippen LogP contribution >= 0.6 is 0 Å². The molecule has 5 rings (SSSR count). The summed E-state index contributed by atoms with van der Waals surface area (Å²) in [6.07, 6.45) is 6.27. The number of esters is 1. The molecule has 0 bridgehead atoms. The summed E-state index contributed by atoms with van der Waals surface area (Å²) in [5.41, 5.74) is 3.62. The maximum Gasteiger partial charge on any atom is 0.335 e. The van der Waals surface area contributed by atoms with E-state index >= 15 is 0 Å². The topological polar surface area (TPSA) is 50.8 Å². The minimum Gasteiger partial charge on any atom is -0.466 e. The fourth-order valence-corrected chi connectivity index (χ4v) is 6.27. The van der Waals surface area contributed by atoms with Crippen LogP contribution in [0.4, 0.5) is 5.69 Å². The molecule has 5 heteroatoms. The van der Waals surface area contributed by atoms with Crippen LogP contribution in [-0.4, -0.2) is 50.3 Å². The van der Waals surface area contributed by atoms with Crippen molar-refractivity contribution in [1.82, 2.24) is 4.90 Å². The van der Waals surface area contributed by atoms with Crippen LogP contribution in [0.5, 0.6) is 0 Å². The Morgan fingerprint density at radius 1 is 1.33 bits per heavy atom. The number of anilines is 1. The first-order chi connectivity index (χ1) is 13.1. The molecule has 1 fully saturated rings. The molecular formula is C22H26N2O3. The number of nitrogens with one attached hydrogen (secondary N) is 1. The van der Waals surface area contributed by atoms with Gasteiger partial charge < -0.3 is 14.8 Å². The lowest BCUT2D eigenvalue weighted by Gasteiger charge is -2.54. The third-order valence-electron chi connectivity index (χ3n) is 7.27. The molecule has 4 atom stereocenters. The second-order valence-electron chi connectivity index (χ2n) is 8.13. The summed E-state index contributed by atoms with van der Waals surface area (Å²) < 4.78 is 11.3. The molecule has 1 N–H and O–H groups in total. The van der Waals surface area contributed by atoms with Gasteiger partial charge in [-0.2, -0.15) is 0 Å². The van der Waals surface area contributed by atoms with Crippen molar-refractivity contribution in [2.75, 3.05) is 32.6 Å². The molecule has 3 heterocycles. The molecule has 1 aromatic rings. The Morgan fingerprint density at radius 3 is 2.89 bits per heavy atom. The monoisotopic (exact) mass is 366 g/mol. The van der Waals surface area contributed by atoms with Gasteiger partial charge in [0.15, 0.2) is 0 Å². The first kappa shape index (κ1) is 17.0. The van der Waals surface area contributed by atoms with Crippen molar-refractivity contribution in [2.24, 2.45) is 5.41 Å². The van der Waals surface area contributed by atoms with Gasteiger partial charge in [-0.15, -0.1) is 0 Å². The van der Waals surface area contributed by atoms with Crippen LogP contribution in [0.2, 0.25) is 0 Å². The molecule has 1 spiro atoms. The van der Waals surface area contributed by atoms with Gasteiger partial charge in [-0.1, -0.05) is 37.3 Å². The molecule has 3 aliphatic heterocycles. The zero-order chi connectivity index (χ0) is 18.8. The first-order valence-electron chi connectivity index (χ1n) is 9.75. The van der Waals surface area contributed by atoms with Gasteiger partial charge in [0.25, 0.3) is 0 Å². The van der Waals surface area contributed by atoms with Gasteiger partial charge >= 0.3 is 5.97 Å². The van der Waals surface area contributed by atoms with Crippen LogP contribution in [-0.2, 0) is 19.7 Å². The van der Waals surface area contributed by atoms with Crippen molar-refractivity contribution >= 4 is 11.7 Å². The van der Waals surface area contributed by atoms with Gasteiger partial charge in [-0.05, 0) is 24.5 Å². The Bertz CT molecular complexity index is 876. The summed E-state index contributed by atoms with van der Waals surface area (Å²) >= 11 is 0. The highest BCUT2D eigenvalue weighted by Gasteiger charge is 2.69. The molecule has 5 nitrogen and oxygen atoms in total. The molecule has 1 saturated heterocycles. The summed E-state index contributed by atoms with van der Waals surface area (Å²) in [4.78, 5) is 15.4. The molecule has 0 aromatic heterocycles. The van der Waals surface area contributed by atoms with Gasteiger partial charge in [0.05, 0.1) is 24.2 Å². The summed E-state index contributed by atoms with van der Waals surface area (Å²) in [6, 6.07) is 8.70. The summed E-state index contributed by atoms with van der Waals surface area (Å²) in [5.74, 6) is -0.233. The number of carbonyl (C=O) groups excluding carboxylic acids is 1. The van der Waals surface area contributed by atoms with Gasteiger partial charge in [-0.3, -0.25) is 4.90 Å². The van der Waals surface area contributed by atoms with E-state index in [1.54, 1.807) is 7.11 Å². The summed E-state index contributed by atoms with van der Waals surface area (Å²) in [5, 5.41) is 3.61. The molecule has 1 aliphatic carbocycles. The van der Waals surface area contributed by atoms with Crippen molar-refractivity contribution < 1.29 is 14.3 Å². The number of nitrogens with zero attached hydrogens (tertiary/aromatic N) is 1. The zero-order valence-electron chi connectivity index (χ0n) is 16.1. The van der Waals surface area contributed by atoms with E-state index in [1.807, 2.05) is 6.07 Å². The molecular weight excluding hydrogens is 340 g/mol. The Kier molecular flexibility index (Phi) is 3.59. The number of hydrogen-bond acceptors (Lipinski definition) is 5. The van der Waals surface area contributed by atoms with Crippen LogP contribution < -0.4 is 5.32 Å². The van der Waals surface area contributed by atoms with Crippen LogP contribution in [0, 0.1) is 5.41 Å². The van der Waals surface area contributed by atoms with E-state index in [4.69, 9.17) is 9.47 Å². The highest BCUT2D eigenvalue weighted by Crippen LogP contribution is 2.64. The fraction of sp³-hybridized carbons (Fsp3) is 0.500. The van der Waals surface area contributed by atoms with Gasteiger partial charge in [0, 0.05) is 43.0 Å². The Hall–Kier alpha value is -2.11. The molecule has 4 aliphatic rings. The van der Waals surface area contributed by atoms with E-state index in [-0.39, 0.29) is 28.9 Å². The number of fused-ring (bicyclic) bond motifs is 1. The van der Waals surface area contributed by atoms with Gasteiger partial charge in [-0.25, -0.2) is 4.79 Å². The average Bonchev–Trinajstić information content (AvgIpc) is 3.24. The standard InChI is InChI=1S/C22H26N2O3/c1-4-21-10-7-11-24-13-17(26-2)22(20(21)24)15-8-5-6-9-16(15)23-18(22)14(12-21)19(25)27-3/h5-10,17,20,23H,4,11-13H2,1-3H3/t17-,20+,21+,22-/m1/s1. The second-order valence-corrected chi connectivity index (χ2v) is 8.13. The molecule has 142 valence electrons. The van der Waals surface area contributed by atoms with E-state index in [1.165, 1.54) is 12.7 Å². The number of para-hydroxylation sites is 1. The fourth-order valence-electron chi connectivity index (χ4n) is 6.27. The molecule has 0 unspecified atom stereocenters. The Labute approximate surface area is 160 Å². The molecule has 0 radical (unpaired) electrons. The lowest BCUT2D eigenvalue weighted by atomic mass is 9.54. The number of methoxy groups -OCH3 is 2. The first-order valence-corrected chi connectivity index (χ1v) is 9.75. The van der Waals surface area contributed by atoms with Crippen LogP contribution in [0.1, 0.15) is 25.3 Å². The predicted molar refractivity (Wildman–Crippen MR) is 103 cm³/mol. The van der Waals surface area contributed by atoms with E-state index in [0.717, 1.165) is 36.5 Å². The minimum atomic E-state index is -0.367. The molecule has 27 heavy (non-hydrogen) atoms. The normalized spacial score (nSPS) is 36.1. The van der Waals surface area contributed by atoms with Gasteiger partial charge in [0.2, 0.25) is 0 Å². The third-order valence-corrected chi connectivity index (χ3v) is 7.27. The van der Waals surface area contributed by atoms with Crippen LogP contribution in [0.3, 0.4) is 0 Å². The van der Waals surface area contributed by atoms with Crippen molar-refractivity contribution in [3.8, 4) is 0 Å². The maximum absolute atomic E-state index is 12.9. The number of hydrogen-bond donors (Lipinski definition) is 1. The van der Waals surface area contributed by atoms with Crippen molar-refractivity contribution in [2.45, 2.75) is 37.3 Å². The highest BCUT2D eigenvalue weighted by atomic mass is 16.5. The number of ether oxygens (including phenoxy) is 2. The Balaban J connectivity index is 1.87. The van der Waals surface area contributed by atoms with E-state index < -0.39 is 0 Å². The smallest absolute Gasteiger partial charge is 0.335 e. The summed E-state index contributed by atoms with van der Waals surface area (Å²) in [6.45, 7) is 4.02. The number of rotatable bonds is 3. The van der Waals surface area contributed by atoms with Crippen LogP contribution in [0.15, 0.2) is 47.7 Å². The average molecular weight is 366 g/mol. The molecule has 1 aromatic carbocycles. The second kappa shape index (κ2) is 5.69. The molecule has 0 amide bonds. The largest absolute Gasteiger partial charge is 0.466 e. The highest BCUT2D eigenvalue weighted by molar-refractivity contribution is 5.93. The maximum atomic E-state index is 12.9. The third kappa shape index (κ3) is 1.89. The van der Waals surface area contributed by atoms with Crippen molar-refractivity contribution in [1.29, 1.82) is 0 Å². The lowest BCUT2D eigenvalue weighted by molar-refractivity contribution is -0.137. The lowest BCUT2D eigenvalue weighted by Crippen LogP contribution is -2.60.